The SMILES string of the molecule is CO[Si](Cl)(CCCCCS)OC.SCCCCC[SiH2]OC(Cl)Cl. The van der Waals surface area contributed by atoms with Crippen LogP contribution in [0.4, 0.5) is 0 Å². The molecule has 0 unspecified atom stereocenters. The quantitative estimate of drug-likeness (QED) is 0.126. The molecule has 0 aliphatic heterocycles. The lowest BCUT2D eigenvalue weighted by atomic mass is 10.3. The summed E-state index contributed by atoms with van der Waals surface area (Å²) >= 11 is 25.1. The van der Waals surface area contributed by atoms with Crippen molar-refractivity contribution in [3.63, 3.8) is 0 Å². The maximum atomic E-state index is 6.06. The maximum absolute atomic E-state index is 6.06. The molecule has 0 fully saturated rings. The molecule has 0 spiro atoms. The monoisotopic (exact) mass is 460 g/mol. The first-order valence-corrected chi connectivity index (χ1v) is 14.6. The van der Waals surface area contributed by atoms with Gasteiger partial charge in [0.1, 0.15) is 0 Å². The highest BCUT2D eigenvalue weighted by Gasteiger charge is 2.32. The number of unbranched alkanes of at least 4 members (excludes halogenated alkanes) is 4. The van der Waals surface area contributed by atoms with Crippen molar-refractivity contribution in [2.45, 2.75) is 55.6 Å². The van der Waals surface area contributed by atoms with Crippen molar-refractivity contribution in [2.24, 2.45) is 0 Å². The van der Waals surface area contributed by atoms with E-state index in [1.54, 1.807) is 14.2 Å². The maximum Gasteiger partial charge on any atom is 0.442 e. The zero-order valence-electron chi connectivity index (χ0n) is 14.1. The van der Waals surface area contributed by atoms with Crippen LogP contribution in [0.25, 0.3) is 0 Å². The molecule has 0 N–H and O–H groups in total. The minimum atomic E-state index is -2.30. The van der Waals surface area contributed by atoms with Crippen LogP contribution in [-0.4, -0.2) is 48.4 Å². The summed E-state index contributed by atoms with van der Waals surface area (Å²) in [6.45, 7) is 0. The smallest absolute Gasteiger partial charge is 0.397 e. The van der Waals surface area contributed by atoms with Crippen molar-refractivity contribution < 1.29 is 13.3 Å². The molecule has 0 saturated heterocycles. The molecule has 0 heterocycles. The van der Waals surface area contributed by atoms with Crippen molar-refractivity contribution >= 4 is 77.2 Å². The van der Waals surface area contributed by atoms with E-state index in [9.17, 15) is 0 Å². The van der Waals surface area contributed by atoms with Crippen LogP contribution in [0.15, 0.2) is 0 Å². The summed E-state index contributed by atoms with van der Waals surface area (Å²) in [7, 11) is 0.472. The number of alkyl halides is 2. The Bertz CT molecular complexity index is 243. The van der Waals surface area contributed by atoms with Gasteiger partial charge in [-0.2, -0.15) is 25.3 Å². The van der Waals surface area contributed by atoms with E-state index in [1.165, 1.54) is 25.3 Å². The van der Waals surface area contributed by atoms with Gasteiger partial charge in [0.25, 0.3) is 0 Å². The van der Waals surface area contributed by atoms with E-state index in [0.29, 0.717) is 0 Å². The van der Waals surface area contributed by atoms with Crippen LogP contribution in [0.5, 0.6) is 0 Å². The van der Waals surface area contributed by atoms with Crippen LogP contribution in [0.3, 0.4) is 0 Å². The lowest BCUT2D eigenvalue weighted by Gasteiger charge is -2.18. The predicted molar refractivity (Wildman–Crippen MR) is 116 cm³/mol. The zero-order chi connectivity index (χ0) is 18.0. The highest BCUT2D eigenvalue weighted by atomic mass is 35.6. The summed E-state index contributed by atoms with van der Waals surface area (Å²) in [5, 5.41) is -0.605. The summed E-state index contributed by atoms with van der Waals surface area (Å²) in [5.74, 6) is 1.92. The van der Waals surface area contributed by atoms with Gasteiger partial charge in [0.05, 0.1) is 0 Å². The first-order chi connectivity index (χ1) is 11.0. The first-order valence-electron chi connectivity index (χ1n) is 7.86. The van der Waals surface area contributed by atoms with Gasteiger partial charge in [0.15, 0.2) is 14.8 Å². The Morgan fingerprint density at radius 1 is 0.913 bits per heavy atom. The second-order valence-electron chi connectivity index (χ2n) is 4.87. The van der Waals surface area contributed by atoms with Gasteiger partial charge in [0, 0.05) is 20.3 Å². The lowest BCUT2D eigenvalue weighted by molar-refractivity contribution is 0.264. The predicted octanol–water partition coefficient (Wildman–Crippen LogP) is 4.92. The average molecular weight is 462 g/mol. The van der Waals surface area contributed by atoms with Gasteiger partial charge >= 0.3 is 7.87 Å². The van der Waals surface area contributed by atoms with Gasteiger partial charge in [0.2, 0.25) is 0 Å². The van der Waals surface area contributed by atoms with E-state index in [0.717, 1.165) is 36.8 Å². The van der Waals surface area contributed by atoms with Gasteiger partial charge in [-0.05, 0) is 30.4 Å². The molecule has 0 aliphatic carbocycles. The van der Waals surface area contributed by atoms with Crippen LogP contribution in [-0.2, 0) is 13.3 Å². The molecular weight excluding hydrogens is 431 g/mol. The summed E-state index contributed by atoms with van der Waals surface area (Å²) in [4.78, 5) is 0. The van der Waals surface area contributed by atoms with E-state index in [2.05, 4.69) is 25.3 Å². The number of halogens is 3. The molecular formula is C13H31Cl3O3S2Si2. The number of thiol groups is 2. The Morgan fingerprint density at radius 2 is 1.43 bits per heavy atom. The largest absolute Gasteiger partial charge is 0.442 e. The van der Waals surface area contributed by atoms with Crippen molar-refractivity contribution in [1.82, 2.24) is 0 Å². The Morgan fingerprint density at radius 3 is 1.87 bits per heavy atom. The Hall–Kier alpha value is 1.88. The van der Waals surface area contributed by atoms with Crippen LogP contribution < -0.4 is 0 Å². The molecule has 3 nitrogen and oxygen atoms in total. The fraction of sp³-hybridized carbons (Fsp3) is 1.00. The molecule has 0 atom stereocenters. The minimum absolute atomic E-state index is 0.453. The molecule has 0 aromatic carbocycles. The minimum Gasteiger partial charge on any atom is -0.397 e. The van der Waals surface area contributed by atoms with Gasteiger partial charge in [-0.3, -0.25) is 0 Å². The summed E-state index contributed by atoms with van der Waals surface area (Å²) in [5.41, 5.74) is 0. The molecule has 10 heteroatoms. The third kappa shape index (κ3) is 21.8. The Labute approximate surface area is 171 Å². The molecule has 0 amide bonds. The van der Waals surface area contributed by atoms with Crippen molar-refractivity contribution in [3.05, 3.63) is 0 Å². The molecule has 23 heavy (non-hydrogen) atoms. The zero-order valence-corrected chi connectivity index (χ0v) is 20.6. The van der Waals surface area contributed by atoms with E-state index in [4.69, 9.17) is 47.6 Å². The van der Waals surface area contributed by atoms with Crippen molar-refractivity contribution in [1.29, 1.82) is 0 Å². The molecule has 0 bridgehead atoms. The van der Waals surface area contributed by atoms with Crippen molar-refractivity contribution in [2.75, 3.05) is 25.7 Å². The number of rotatable bonds is 14. The Kier molecular flexibility index (Phi) is 23.8. The first kappa shape index (κ1) is 27.1. The number of hydrogen-bond donors (Lipinski definition) is 2. The van der Waals surface area contributed by atoms with Crippen molar-refractivity contribution in [3.8, 4) is 0 Å². The third-order valence-electron chi connectivity index (χ3n) is 3.04. The highest BCUT2D eigenvalue weighted by molar-refractivity contribution is 7.80. The van der Waals surface area contributed by atoms with Crippen LogP contribution in [0, 0.1) is 0 Å². The molecule has 0 aromatic heterocycles. The summed E-state index contributed by atoms with van der Waals surface area (Å²) in [6, 6.07) is 2.03. The summed E-state index contributed by atoms with van der Waals surface area (Å²) in [6.07, 6.45) is 7.03. The van der Waals surface area contributed by atoms with Crippen LogP contribution >= 0.6 is 59.5 Å². The van der Waals surface area contributed by atoms with E-state index >= 15 is 0 Å². The molecule has 0 rings (SSSR count). The molecule has 0 aliphatic rings. The normalized spacial score (nSPS) is 12.0. The second kappa shape index (κ2) is 20.2. The van der Waals surface area contributed by atoms with Gasteiger partial charge in [-0.15, -0.1) is 0 Å². The fourth-order valence-corrected chi connectivity index (χ4v) is 5.18. The van der Waals surface area contributed by atoms with Gasteiger partial charge < -0.3 is 13.3 Å². The van der Waals surface area contributed by atoms with Gasteiger partial charge in [-0.1, -0.05) is 60.0 Å². The van der Waals surface area contributed by atoms with Crippen LogP contribution in [0.1, 0.15) is 38.5 Å². The lowest BCUT2D eigenvalue weighted by Crippen LogP contribution is -2.32. The molecule has 0 aromatic rings. The molecule has 0 saturated carbocycles. The summed E-state index contributed by atoms with van der Waals surface area (Å²) < 4.78 is 15.3. The standard InChI is InChI=1S/C7H17ClO2SSi.C6H14Cl2OSSi/c1-9-12(8,10-2)7-5-3-4-6-11;7-6(8)9-11-5-3-1-2-4-10/h11H,3-7H2,1-2H3;6,10H,1-5,11H2. The van der Waals surface area contributed by atoms with Gasteiger partial charge in [-0.25, -0.2) is 0 Å². The topological polar surface area (TPSA) is 27.7 Å². The second-order valence-corrected chi connectivity index (χ2v) is 12.6. The average Bonchev–Trinajstić information content (AvgIpc) is 2.55. The third-order valence-corrected chi connectivity index (χ3v) is 9.37. The Balaban J connectivity index is 0. The van der Waals surface area contributed by atoms with E-state index < -0.39 is 22.7 Å². The van der Waals surface area contributed by atoms with Crippen LogP contribution in [0.2, 0.25) is 12.1 Å². The van der Waals surface area contributed by atoms with E-state index in [-0.39, 0.29) is 0 Å². The highest BCUT2D eigenvalue weighted by Crippen LogP contribution is 2.20. The van der Waals surface area contributed by atoms with E-state index in [1.807, 2.05) is 0 Å². The molecule has 0 radical (unpaired) electrons. The number of hydrogen-bond acceptors (Lipinski definition) is 5. The fourth-order valence-electron chi connectivity index (χ4n) is 1.65. The molecule has 142 valence electrons.